The van der Waals surface area contributed by atoms with Crippen LogP contribution in [0.25, 0.3) is 11.3 Å². The Labute approximate surface area is 116 Å². The van der Waals surface area contributed by atoms with Crippen LogP contribution in [0.15, 0.2) is 48.5 Å². The highest BCUT2D eigenvalue weighted by molar-refractivity contribution is 6.21. The Morgan fingerprint density at radius 3 is 2.55 bits per heavy atom. The highest BCUT2D eigenvalue weighted by atomic mass is 19.1. The van der Waals surface area contributed by atoms with Crippen LogP contribution in [0.3, 0.4) is 0 Å². The first-order valence-electron chi connectivity index (χ1n) is 6.55. The number of carbonyl (C=O) groups is 1. The van der Waals surface area contributed by atoms with Gasteiger partial charge in [0.25, 0.3) is 0 Å². The number of benzene rings is 1. The topological polar surface area (TPSA) is 42.2 Å². The second-order valence-corrected chi connectivity index (χ2v) is 4.88. The van der Waals surface area contributed by atoms with Gasteiger partial charge in [0.05, 0.1) is 5.57 Å². The number of allylic oxidation sites excluding steroid dienone is 2. The number of halogens is 1. The van der Waals surface area contributed by atoms with E-state index in [4.69, 9.17) is 0 Å². The largest absolute Gasteiger partial charge is 0.512 e. The van der Waals surface area contributed by atoms with Crippen LogP contribution >= 0.6 is 0 Å². The summed E-state index contributed by atoms with van der Waals surface area (Å²) in [6, 6.07) is 7.89. The van der Waals surface area contributed by atoms with Crippen LogP contribution in [0.4, 0.5) is 4.39 Å². The summed E-state index contributed by atoms with van der Waals surface area (Å²) < 4.78 is 14.7. The van der Waals surface area contributed by atoms with Crippen LogP contribution in [-0.2, 0) is 4.79 Å². The van der Waals surface area contributed by atoms with Gasteiger partial charge in [0.2, 0.25) is 0 Å². The molecule has 4 heteroatoms. The maximum atomic E-state index is 12.9. The van der Waals surface area contributed by atoms with Gasteiger partial charge >= 0.3 is 0 Å². The molecule has 0 bridgehead atoms. The maximum absolute atomic E-state index is 12.9. The number of hydrogen-bond donors (Lipinski definition) is 1. The van der Waals surface area contributed by atoms with Gasteiger partial charge in [0.1, 0.15) is 11.6 Å². The SMILES string of the molecule is O=C1CCCC(O)=C1c1ccn(-c2ccc(F)cc2)c1. The van der Waals surface area contributed by atoms with E-state index < -0.39 is 0 Å². The van der Waals surface area contributed by atoms with Crippen LogP contribution in [-0.4, -0.2) is 15.5 Å². The molecule has 0 saturated carbocycles. The fraction of sp³-hybridized carbons (Fsp3) is 0.188. The number of aromatic nitrogens is 1. The fourth-order valence-corrected chi connectivity index (χ4v) is 2.47. The van der Waals surface area contributed by atoms with Crippen molar-refractivity contribution >= 4 is 11.4 Å². The molecule has 0 saturated heterocycles. The van der Waals surface area contributed by atoms with Crippen molar-refractivity contribution in [1.82, 2.24) is 4.57 Å². The number of ketones is 1. The average molecular weight is 271 g/mol. The maximum Gasteiger partial charge on any atom is 0.166 e. The molecule has 1 aromatic heterocycles. The van der Waals surface area contributed by atoms with Gasteiger partial charge in [-0.15, -0.1) is 0 Å². The van der Waals surface area contributed by atoms with E-state index in [-0.39, 0.29) is 17.4 Å². The third kappa shape index (κ3) is 2.25. The lowest BCUT2D eigenvalue weighted by Crippen LogP contribution is -2.10. The van der Waals surface area contributed by atoms with E-state index >= 15 is 0 Å². The van der Waals surface area contributed by atoms with Gasteiger partial charge in [-0.05, 0) is 36.8 Å². The van der Waals surface area contributed by atoms with Gasteiger partial charge in [-0.1, -0.05) is 0 Å². The standard InChI is InChI=1S/C16H14FNO2/c17-12-4-6-13(7-5-12)18-9-8-11(10-18)16-14(19)2-1-3-15(16)20/h4-10,19H,1-3H2. The zero-order valence-electron chi connectivity index (χ0n) is 10.8. The van der Waals surface area contributed by atoms with Crippen molar-refractivity contribution in [3.8, 4) is 5.69 Å². The van der Waals surface area contributed by atoms with Gasteiger partial charge in [0.15, 0.2) is 5.78 Å². The second kappa shape index (κ2) is 4.96. The van der Waals surface area contributed by atoms with Crippen LogP contribution in [0, 0.1) is 5.82 Å². The molecule has 0 atom stereocenters. The van der Waals surface area contributed by atoms with Gasteiger partial charge in [-0.25, -0.2) is 4.39 Å². The van der Waals surface area contributed by atoms with Crippen molar-refractivity contribution in [3.63, 3.8) is 0 Å². The molecular weight excluding hydrogens is 257 g/mol. The predicted octanol–water partition coefficient (Wildman–Crippen LogP) is 3.64. The first kappa shape index (κ1) is 12.7. The molecule has 1 aromatic carbocycles. The smallest absolute Gasteiger partial charge is 0.166 e. The fourth-order valence-electron chi connectivity index (χ4n) is 2.47. The number of hydrogen-bond acceptors (Lipinski definition) is 2. The summed E-state index contributed by atoms with van der Waals surface area (Å²) >= 11 is 0. The van der Waals surface area contributed by atoms with E-state index in [1.807, 2.05) is 0 Å². The Kier molecular flexibility index (Phi) is 3.14. The van der Waals surface area contributed by atoms with Crippen molar-refractivity contribution in [2.75, 3.05) is 0 Å². The minimum Gasteiger partial charge on any atom is -0.512 e. The first-order chi connectivity index (χ1) is 9.65. The Morgan fingerprint density at radius 1 is 1.10 bits per heavy atom. The zero-order chi connectivity index (χ0) is 14.1. The Bertz CT molecular complexity index is 683. The summed E-state index contributed by atoms with van der Waals surface area (Å²) in [7, 11) is 0. The molecule has 20 heavy (non-hydrogen) atoms. The number of aliphatic hydroxyl groups is 1. The molecule has 3 rings (SSSR count). The highest BCUT2D eigenvalue weighted by Gasteiger charge is 2.22. The number of carbonyl (C=O) groups excluding carboxylic acids is 1. The van der Waals surface area contributed by atoms with Crippen LogP contribution in [0.1, 0.15) is 24.8 Å². The molecule has 0 radical (unpaired) electrons. The van der Waals surface area contributed by atoms with Crippen molar-refractivity contribution in [1.29, 1.82) is 0 Å². The molecule has 0 aliphatic heterocycles. The van der Waals surface area contributed by atoms with Crippen molar-refractivity contribution in [2.24, 2.45) is 0 Å². The lowest BCUT2D eigenvalue weighted by atomic mass is 9.92. The quantitative estimate of drug-likeness (QED) is 0.906. The monoisotopic (exact) mass is 271 g/mol. The third-order valence-electron chi connectivity index (χ3n) is 3.49. The number of aliphatic hydroxyl groups excluding tert-OH is 1. The van der Waals surface area contributed by atoms with Crippen LogP contribution in [0.5, 0.6) is 0 Å². The van der Waals surface area contributed by atoms with E-state index in [9.17, 15) is 14.3 Å². The average Bonchev–Trinajstić information content (AvgIpc) is 2.89. The molecule has 3 nitrogen and oxygen atoms in total. The van der Waals surface area contributed by atoms with E-state index in [1.165, 1.54) is 12.1 Å². The number of Topliss-reactive ketones (excluding diaryl/α,β-unsaturated/α-hetero) is 1. The molecule has 1 heterocycles. The first-order valence-corrected chi connectivity index (χ1v) is 6.55. The molecule has 0 unspecified atom stereocenters. The molecule has 0 amide bonds. The molecule has 2 aromatic rings. The molecular formula is C16H14FNO2. The summed E-state index contributed by atoms with van der Waals surface area (Å²) in [6.45, 7) is 0. The van der Waals surface area contributed by atoms with E-state index in [1.54, 1.807) is 35.2 Å². The van der Waals surface area contributed by atoms with Gasteiger partial charge in [-0.2, -0.15) is 0 Å². The summed E-state index contributed by atoms with van der Waals surface area (Å²) in [6.07, 6.45) is 5.30. The lowest BCUT2D eigenvalue weighted by Gasteiger charge is -2.13. The van der Waals surface area contributed by atoms with Gasteiger partial charge in [-0.3, -0.25) is 4.79 Å². The van der Waals surface area contributed by atoms with Crippen molar-refractivity contribution < 1.29 is 14.3 Å². The summed E-state index contributed by atoms with van der Waals surface area (Å²) in [4.78, 5) is 11.9. The normalized spacial score (nSPS) is 15.8. The molecule has 1 N–H and O–H groups in total. The van der Waals surface area contributed by atoms with Crippen LogP contribution in [0.2, 0.25) is 0 Å². The Hall–Kier alpha value is -2.36. The zero-order valence-corrected chi connectivity index (χ0v) is 10.8. The van der Waals surface area contributed by atoms with Crippen molar-refractivity contribution in [2.45, 2.75) is 19.3 Å². The third-order valence-corrected chi connectivity index (χ3v) is 3.49. The molecule has 0 fully saturated rings. The van der Waals surface area contributed by atoms with Crippen LogP contribution < -0.4 is 0 Å². The minimum atomic E-state index is -0.288. The second-order valence-electron chi connectivity index (χ2n) is 4.88. The van der Waals surface area contributed by atoms with E-state index in [0.29, 0.717) is 30.4 Å². The van der Waals surface area contributed by atoms with E-state index in [0.717, 1.165) is 5.69 Å². The molecule has 0 spiro atoms. The summed E-state index contributed by atoms with van der Waals surface area (Å²) in [5.74, 6) is -0.146. The van der Waals surface area contributed by atoms with E-state index in [2.05, 4.69) is 0 Å². The van der Waals surface area contributed by atoms with Gasteiger partial charge < -0.3 is 9.67 Å². The summed E-state index contributed by atoms with van der Waals surface area (Å²) in [5.41, 5.74) is 1.93. The molecule has 1 aliphatic carbocycles. The highest BCUT2D eigenvalue weighted by Crippen LogP contribution is 2.29. The van der Waals surface area contributed by atoms with Crippen molar-refractivity contribution in [3.05, 3.63) is 59.9 Å². The molecule has 1 aliphatic rings. The Balaban J connectivity index is 1.98. The lowest BCUT2D eigenvalue weighted by molar-refractivity contribution is -0.114. The number of nitrogens with zero attached hydrogens (tertiary/aromatic N) is 1. The summed E-state index contributed by atoms with van der Waals surface area (Å²) in [5, 5.41) is 9.91. The Morgan fingerprint density at radius 2 is 1.85 bits per heavy atom. The minimum absolute atomic E-state index is 0.0226. The molecule has 102 valence electrons. The number of rotatable bonds is 2. The van der Waals surface area contributed by atoms with Gasteiger partial charge in [0, 0.05) is 36.5 Å². The predicted molar refractivity (Wildman–Crippen MR) is 74.1 cm³/mol.